The Bertz CT molecular complexity index is 661. The predicted molar refractivity (Wildman–Crippen MR) is 90.3 cm³/mol. The Morgan fingerprint density at radius 2 is 1.91 bits per heavy atom. The molecular weight excluding hydrogens is 312 g/mol. The molecule has 0 radical (unpaired) electrons. The smallest absolute Gasteiger partial charge is 0.223 e. The molecule has 1 aliphatic rings. The van der Waals surface area contributed by atoms with E-state index in [4.69, 9.17) is 16.0 Å². The number of carbonyl (C=O) groups excluding carboxylic acids is 1. The molecule has 0 spiro atoms. The van der Waals surface area contributed by atoms with Crippen molar-refractivity contribution in [2.75, 3.05) is 13.1 Å². The van der Waals surface area contributed by atoms with Gasteiger partial charge in [-0.1, -0.05) is 36.6 Å². The molecule has 0 saturated carbocycles. The van der Waals surface area contributed by atoms with E-state index in [0.717, 1.165) is 31.5 Å². The quantitative estimate of drug-likeness (QED) is 0.837. The van der Waals surface area contributed by atoms with E-state index < -0.39 is 0 Å². The molecule has 1 saturated heterocycles. The van der Waals surface area contributed by atoms with Crippen molar-refractivity contribution >= 4 is 17.5 Å². The number of rotatable bonds is 4. The molecular formula is C18H21ClN2O2. The lowest BCUT2D eigenvalue weighted by Gasteiger charge is -2.19. The number of aryl methyl sites for hydroxylation is 1. The first-order chi connectivity index (χ1) is 11.2. The SMILES string of the molecule is O=C(CCc1ncc(-c2ccccc2Cl)o1)N1CCCCCC1. The highest BCUT2D eigenvalue weighted by Gasteiger charge is 2.17. The number of halogens is 1. The Kier molecular flexibility index (Phi) is 5.34. The Labute approximate surface area is 141 Å². The summed E-state index contributed by atoms with van der Waals surface area (Å²) in [7, 11) is 0. The van der Waals surface area contributed by atoms with Crippen LogP contribution in [-0.2, 0) is 11.2 Å². The Morgan fingerprint density at radius 1 is 1.17 bits per heavy atom. The summed E-state index contributed by atoms with van der Waals surface area (Å²) < 4.78 is 5.75. The molecule has 23 heavy (non-hydrogen) atoms. The number of likely N-dealkylation sites (tertiary alicyclic amines) is 1. The van der Waals surface area contributed by atoms with Gasteiger partial charge in [-0.3, -0.25) is 4.79 Å². The third kappa shape index (κ3) is 4.14. The van der Waals surface area contributed by atoms with Crippen molar-refractivity contribution in [3.63, 3.8) is 0 Å². The molecule has 1 amide bonds. The summed E-state index contributed by atoms with van der Waals surface area (Å²) in [6, 6.07) is 7.51. The van der Waals surface area contributed by atoms with Crippen molar-refractivity contribution in [3.05, 3.63) is 41.4 Å². The van der Waals surface area contributed by atoms with Gasteiger partial charge in [0, 0.05) is 31.5 Å². The van der Waals surface area contributed by atoms with Crippen molar-refractivity contribution < 1.29 is 9.21 Å². The predicted octanol–water partition coefficient (Wildman–Crippen LogP) is 4.33. The number of nitrogens with zero attached hydrogens (tertiary/aromatic N) is 2. The van der Waals surface area contributed by atoms with Gasteiger partial charge in [0.15, 0.2) is 11.7 Å². The monoisotopic (exact) mass is 332 g/mol. The average Bonchev–Trinajstić information content (AvgIpc) is 2.86. The molecule has 0 bridgehead atoms. The Morgan fingerprint density at radius 3 is 2.65 bits per heavy atom. The normalized spacial score (nSPS) is 15.4. The average molecular weight is 333 g/mol. The molecule has 0 unspecified atom stereocenters. The van der Waals surface area contributed by atoms with E-state index in [2.05, 4.69) is 4.98 Å². The van der Waals surface area contributed by atoms with Crippen LogP contribution in [0.4, 0.5) is 0 Å². The second kappa shape index (κ2) is 7.64. The minimum absolute atomic E-state index is 0.199. The van der Waals surface area contributed by atoms with E-state index in [1.54, 1.807) is 6.20 Å². The van der Waals surface area contributed by atoms with Crippen LogP contribution in [0.25, 0.3) is 11.3 Å². The zero-order chi connectivity index (χ0) is 16.1. The number of carbonyl (C=O) groups is 1. The minimum Gasteiger partial charge on any atom is -0.441 e. The Hall–Kier alpha value is -1.81. The van der Waals surface area contributed by atoms with Gasteiger partial charge in [0.05, 0.1) is 11.2 Å². The fraction of sp³-hybridized carbons (Fsp3) is 0.444. The largest absolute Gasteiger partial charge is 0.441 e. The maximum Gasteiger partial charge on any atom is 0.223 e. The van der Waals surface area contributed by atoms with Crippen molar-refractivity contribution in [2.45, 2.75) is 38.5 Å². The molecule has 5 heteroatoms. The van der Waals surface area contributed by atoms with E-state index in [-0.39, 0.29) is 5.91 Å². The van der Waals surface area contributed by atoms with Crippen LogP contribution in [0.5, 0.6) is 0 Å². The summed E-state index contributed by atoms with van der Waals surface area (Å²) in [6.07, 6.45) is 7.33. The van der Waals surface area contributed by atoms with Gasteiger partial charge < -0.3 is 9.32 Å². The fourth-order valence-corrected chi connectivity index (χ4v) is 3.13. The number of oxazole rings is 1. The first kappa shape index (κ1) is 16.1. The van der Waals surface area contributed by atoms with Crippen molar-refractivity contribution in [1.82, 2.24) is 9.88 Å². The van der Waals surface area contributed by atoms with E-state index in [1.807, 2.05) is 29.2 Å². The lowest BCUT2D eigenvalue weighted by molar-refractivity contribution is -0.131. The molecule has 0 N–H and O–H groups in total. The van der Waals surface area contributed by atoms with Crippen LogP contribution in [0.2, 0.25) is 5.02 Å². The molecule has 4 nitrogen and oxygen atoms in total. The maximum absolute atomic E-state index is 12.3. The Balaban J connectivity index is 1.59. The number of aromatic nitrogens is 1. The van der Waals surface area contributed by atoms with Crippen LogP contribution in [-0.4, -0.2) is 28.9 Å². The van der Waals surface area contributed by atoms with Crippen LogP contribution in [0.15, 0.2) is 34.9 Å². The summed E-state index contributed by atoms with van der Waals surface area (Å²) in [5, 5.41) is 0.635. The second-order valence-corrected chi connectivity index (χ2v) is 6.30. The molecule has 2 aromatic rings. The van der Waals surface area contributed by atoms with Crippen LogP contribution < -0.4 is 0 Å². The van der Waals surface area contributed by atoms with Crippen LogP contribution in [0.1, 0.15) is 38.0 Å². The van der Waals surface area contributed by atoms with Gasteiger partial charge in [-0.15, -0.1) is 0 Å². The first-order valence-electron chi connectivity index (χ1n) is 8.21. The summed E-state index contributed by atoms with van der Waals surface area (Å²) in [5.41, 5.74) is 0.826. The highest BCUT2D eigenvalue weighted by atomic mass is 35.5. The lowest BCUT2D eigenvalue weighted by atomic mass is 10.2. The number of hydrogen-bond acceptors (Lipinski definition) is 3. The molecule has 0 aliphatic carbocycles. The molecule has 122 valence electrons. The molecule has 3 rings (SSSR count). The highest BCUT2D eigenvalue weighted by molar-refractivity contribution is 6.33. The van der Waals surface area contributed by atoms with Gasteiger partial charge in [0.2, 0.25) is 5.91 Å². The zero-order valence-electron chi connectivity index (χ0n) is 13.1. The number of amides is 1. The lowest BCUT2D eigenvalue weighted by Crippen LogP contribution is -2.31. The van der Waals surface area contributed by atoms with Crippen molar-refractivity contribution in [2.24, 2.45) is 0 Å². The summed E-state index contributed by atoms with van der Waals surface area (Å²) in [4.78, 5) is 18.5. The summed E-state index contributed by atoms with van der Waals surface area (Å²) in [6.45, 7) is 1.77. The van der Waals surface area contributed by atoms with Gasteiger partial charge in [-0.2, -0.15) is 0 Å². The van der Waals surface area contributed by atoms with Gasteiger partial charge in [-0.05, 0) is 25.0 Å². The number of hydrogen-bond donors (Lipinski definition) is 0. The standard InChI is InChI=1S/C18H21ClN2O2/c19-15-8-4-3-7-14(15)16-13-20-17(23-16)9-10-18(22)21-11-5-1-2-6-12-21/h3-4,7-8,13H,1-2,5-6,9-12H2. The van der Waals surface area contributed by atoms with Gasteiger partial charge >= 0.3 is 0 Å². The van der Waals surface area contributed by atoms with Crippen LogP contribution >= 0.6 is 11.6 Å². The van der Waals surface area contributed by atoms with E-state index in [9.17, 15) is 4.79 Å². The molecule has 2 heterocycles. The highest BCUT2D eigenvalue weighted by Crippen LogP contribution is 2.28. The molecule has 1 fully saturated rings. The first-order valence-corrected chi connectivity index (χ1v) is 8.59. The minimum atomic E-state index is 0.199. The molecule has 1 aromatic heterocycles. The van der Waals surface area contributed by atoms with E-state index in [0.29, 0.717) is 29.5 Å². The van der Waals surface area contributed by atoms with Crippen LogP contribution in [0, 0.1) is 0 Å². The topological polar surface area (TPSA) is 46.3 Å². The third-order valence-electron chi connectivity index (χ3n) is 4.20. The molecule has 1 aromatic carbocycles. The van der Waals surface area contributed by atoms with Crippen LogP contribution in [0.3, 0.4) is 0 Å². The summed E-state index contributed by atoms with van der Waals surface area (Å²) >= 11 is 6.16. The molecule has 0 atom stereocenters. The molecule has 1 aliphatic heterocycles. The fourth-order valence-electron chi connectivity index (χ4n) is 2.90. The van der Waals surface area contributed by atoms with E-state index >= 15 is 0 Å². The van der Waals surface area contributed by atoms with Gasteiger partial charge in [-0.25, -0.2) is 4.98 Å². The van der Waals surface area contributed by atoms with Crippen molar-refractivity contribution in [3.8, 4) is 11.3 Å². The van der Waals surface area contributed by atoms with Crippen molar-refractivity contribution in [1.29, 1.82) is 0 Å². The maximum atomic E-state index is 12.3. The van der Waals surface area contributed by atoms with Gasteiger partial charge in [0.25, 0.3) is 0 Å². The van der Waals surface area contributed by atoms with E-state index in [1.165, 1.54) is 12.8 Å². The zero-order valence-corrected chi connectivity index (χ0v) is 13.9. The summed E-state index contributed by atoms with van der Waals surface area (Å²) in [5.74, 6) is 1.43. The third-order valence-corrected chi connectivity index (χ3v) is 4.53. The van der Waals surface area contributed by atoms with Gasteiger partial charge in [0.1, 0.15) is 0 Å². The number of benzene rings is 1. The second-order valence-electron chi connectivity index (χ2n) is 5.89.